The summed E-state index contributed by atoms with van der Waals surface area (Å²) in [6, 6.07) is 6.21. The first-order valence-electron chi connectivity index (χ1n) is 6.78. The topological polar surface area (TPSA) is 90.6 Å². The lowest BCUT2D eigenvalue weighted by molar-refractivity contribution is -0.142. The number of carbonyl (C=O) groups excluding carboxylic acids is 2. The third-order valence-corrected chi connectivity index (χ3v) is 2.75. The predicted octanol–water partition coefficient (Wildman–Crippen LogP) is 1.55. The fraction of sp³-hybridized carbons (Fsp3) is 0.467. The van der Waals surface area contributed by atoms with E-state index in [1.54, 1.807) is 24.3 Å². The van der Waals surface area contributed by atoms with E-state index in [4.69, 9.17) is 10.5 Å². The van der Waals surface area contributed by atoms with E-state index in [9.17, 15) is 9.59 Å². The standard InChI is InChI=1S/C15H22N2O4/c1-10(2)7-13(16)15(19)17-11-5-4-6-12(8-11)21-9-14(18)20-3/h4-6,8,10,13H,7,9,16H2,1-3H3,(H,17,19)/t13-/m0/s1. The number of ether oxygens (including phenoxy) is 2. The Bertz CT molecular complexity index is 488. The molecule has 0 fully saturated rings. The highest BCUT2D eigenvalue weighted by atomic mass is 16.6. The molecule has 0 aliphatic carbocycles. The van der Waals surface area contributed by atoms with Crippen LogP contribution >= 0.6 is 0 Å². The molecule has 0 radical (unpaired) electrons. The van der Waals surface area contributed by atoms with Crippen molar-refractivity contribution in [3.63, 3.8) is 0 Å². The molecule has 0 saturated heterocycles. The number of benzene rings is 1. The summed E-state index contributed by atoms with van der Waals surface area (Å²) in [5.41, 5.74) is 6.39. The first kappa shape index (κ1) is 17.0. The zero-order valence-corrected chi connectivity index (χ0v) is 12.6. The second kappa shape index (κ2) is 8.26. The van der Waals surface area contributed by atoms with Crippen molar-refractivity contribution in [2.75, 3.05) is 19.0 Å². The number of nitrogens with one attached hydrogen (secondary N) is 1. The molecule has 0 heterocycles. The third-order valence-electron chi connectivity index (χ3n) is 2.75. The molecule has 116 valence electrons. The summed E-state index contributed by atoms with van der Waals surface area (Å²) < 4.78 is 9.73. The van der Waals surface area contributed by atoms with Gasteiger partial charge in [0.2, 0.25) is 5.91 Å². The van der Waals surface area contributed by atoms with Crippen molar-refractivity contribution in [3.05, 3.63) is 24.3 Å². The Labute approximate surface area is 124 Å². The summed E-state index contributed by atoms with van der Waals surface area (Å²) in [7, 11) is 1.29. The minimum Gasteiger partial charge on any atom is -0.482 e. The Morgan fingerprint density at radius 1 is 1.33 bits per heavy atom. The highest BCUT2D eigenvalue weighted by molar-refractivity contribution is 5.94. The summed E-state index contributed by atoms with van der Waals surface area (Å²) in [4.78, 5) is 22.9. The van der Waals surface area contributed by atoms with Crippen LogP contribution in [0.4, 0.5) is 5.69 Å². The normalized spacial score (nSPS) is 11.9. The molecule has 6 heteroatoms. The van der Waals surface area contributed by atoms with Crippen molar-refractivity contribution < 1.29 is 19.1 Å². The average molecular weight is 294 g/mol. The number of hydrogen-bond donors (Lipinski definition) is 2. The average Bonchev–Trinajstić information content (AvgIpc) is 2.44. The largest absolute Gasteiger partial charge is 0.482 e. The first-order chi connectivity index (χ1) is 9.92. The van der Waals surface area contributed by atoms with E-state index in [0.717, 1.165) is 0 Å². The summed E-state index contributed by atoms with van der Waals surface area (Å²) in [5, 5.41) is 2.73. The highest BCUT2D eigenvalue weighted by Gasteiger charge is 2.15. The summed E-state index contributed by atoms with van der Waals surface area (Å²) in [6.45, 7) is 3.84. The summed E-state index contributed by atoms with van der Waals surface area (Å²) in [6.07, 6.45) is 0.615. The van der Waals surface area contributed by atoms with Crippen molar-refractivity contribution in [1.82, 2.24) is 0 Å². The third kappa shape index (κ3) is 6.27. The van der Waals surface area contributed by atoms with Crippen molar-refractivity contribution >= 4 is 17.6 Å². The SMILES string of the molecule is COC(=O)COc1cccc(NC(=O)[C@@H](N)CC(C)C)c1. The maximum atomic E-state index is 11.9. The molecule has 3 N–H and O–H groups in total. The van der Waals surface area contributed by atoms with Gasteiger partial charge in [-0.25, -0.2) is 4.79 Å². The zero-order valence-electron chi connectivity index (χ0n) is 12.6. The lowest BCUT2D eigenvalue weighted by atomic mass is 10.0. The number of methoxy groups -OCH3 is 1. The van der Waals surface area contributed by atoms with Gasteiger partial charge in [-0.05, 0) is 24.5 Å². The van der Waals surface area contributed by atoms with E-state index >= 15 is 0 Å². The minimum absolute atomic E-state index is 0.180. The van der Waals surface area contributed by atoms with E-state index in [0.29, 0.717) is 23.8 Å². The van der Waals surface area contributed by atoms with Crippen LogP contribution in [-0.2, 0) is 14.3 Å². The molecule has 1 atom stereocenters. The molecule has 1 amide bonds. The van der Waals surface area contributed by atoms with Gasteiger partial charge in [-0.1, -0.05) is 19.9 Å². The number of anilines is 1. The predicted molar refractivity (Wildman–Crippen MR) is 80.0 cm³/mol. The Balaban J connectivity index is 2.59. The molecule has 6 nitrogen and oxygen atoms in total. The van der Waals surface area contributed by atoms with Gasteiger partial charge in [0.15, 0.2) is 6.61 Å². The van der Waals surface area contributed by atoms with Gasteiger partial charge < -0.3 is 20.5 Å². The van der Waals surface area contributed by atoms with Crippen LogP contribution in [0.2, 0.25) is 0 Å². The van der Waals surface area contributed by atoms with Gasteiger partial charge in [0.05, 0.1) is 13.2 Å². The van der Waals surface area contributed by atoms with Crippen molar-refractivity contribution in [2.24, 2.45) is 11.7 Å². The lowest BCUT2D eigenvalue weighted by Crippen LogP contribution is -2.36. The molecule has 21 heavy (non-hydrogen) atoms. The summed E-state index contributed by atoms with van der Waals surface area (Å²) >= 11 is 0. The maximum Gasteiger partial charge on any atom is 0.343 e. The molecular formula is C15H22N2O4. The van der Waals surface area contributed by atoms with Crippen LogP contribution < -0.4 is 15.8 Å². The van der Waals surface area contributed by atoms with Crippen LogP contribution in [0.5, 0.6) is 5.75 Å². The lowest BCUT2D eigenvalue weighted by Gasteiger charge is -2.14. The van der Waals surface area contributed by atoms with Crippen LogP contribution in [0.3, 0.4) is 0 Å². The fourth-order valence-electron chi connectivity index (χ4n) is 1.71. The quantitative estimate of drug-likeness (QED) is 0.745. The molecule has 0 saturated carbocycles. The molecule has 0 spiro atoms. The van der Waals surface area contributed by atoms with E-state index in [2.05, 4.69) is 10.1 Å². The van der Waals surface area contributed by atoms with Crippen LogP contribution in [0.1, 0.15) is 20.3 Å². The van der Waals surface area contributed by atoms with Gasteiger partial charge in [-0.2, -0.15) is 0 Å². The van der Waals surface area contributed by atoms with Gasteiger partial charge in [0, 0.05) is 11.8 Å². The maximum absolute atomic E-state index is 11.9. The van der Waals surface area contributed by atoms with Gasteiger partial charge >= 0.3 is 5.97 Å². The molecule has 0 aromatic heterocycles. The Morgan fingerprint density at radius 3 is 2.67 bits per heavy atom. The monoisotopic (exact) mass is 294 g/mol. The summed E-state index contributed by atoms with van der Waals surface area (Å²) in [5.74, 6) is 0.105. The Hall–Kier alpha value is -2.08. The zero-order chi connectivity index (χ0) is 15.8. The number of hydrogen-bond acceptors (Lipinski definition) is 5. The molecule has 1 aromatic carbocycles. The minimum atomic E-state index is -0.551. The van der Waals surface area contributed by atoms with Gasteiger partial charge in [-0.15, -0.1) is 0 Å². The van der Waals surface area contributed by atoms with Crippen LogP contribution in [0, 0.1) is 5.92 Å². The van der Waals surface area contributed by atoms with Gasteiger partial charge in [0.25, 0.3) is 0 Å². The number of nitrogens with two attached hydrogens (primary N) is 1. The number of rotatable bonds is 7. The van der Waals surface area contributed by atoms with Crippen LogP contribution in [0.25, 0.3) is 0 Å². The Kier molecular flexibility index (Phi) is 6.68. The van der Waals surface area contributed by atoms with Crippen molar-refractivity contribution in [1.29, 1.82) is 0 Å². The van der Waals surface area contributed by atoms with Gasteiger partial charge in [-0.3, -0.25) is 4.79 Å². The van der Waals surface area contributed by atoms with E-state index in [1.165, 1.54) is 7.11 Å². The first-order valence-corrected chi connectivity index (χ1v) is 6.78. The molecule has 0 aliphatic heterocycles. The molecule has 1 rings (SSSR count). The molecule has 0 unspecified atom stereocenters. The molecular weight excluding hydrogens is 272 g/mol. The van der Waals surface area contributed by atoms with Crippen LogP contribution in [0.15, 0.2) is 24.3 Å². The number of esters is 1. The van der Waals surface area contributed by atoms with E-state index in [1.807, 2.05) is 13.8 Å². The van der Waals surface area contributed by atoms with E-state index < -0.39 is 12.0 Å². The smallest absolute Gasteiger partial charge is 0.343 e. The highest BCUT2D eigenvalue weighted by Crippen LogP contribution is 2.18. The van der Waals surface area contributed by atoms with Gasteiger partial charge in [0.1, 0.15) is 5.75 Å². The van der Waals surface area contributed by atoms with Crippen molar-refractivity contribution in [3.8, 4) is 5.75 Å². The number of amides is 1. The van der Waals surface area contributed by atoms with Crippen molar-refractivity contribution in [2.45, 2.75) is 26.3 Å². The van der Waals surface area contributed by atoms with Crippen LogP contribution in [-0.4, -0.2) is 31.6 Å². The molecule has 0 bridgehead atoms. The molecule has 0 aliphatic rings. The fourth-order valence-corrected chi connectivity index (χ4v) is 1.71. The van der Waals surface area contributed by atoms with E-state index in [-0.39, 0.29) is 12.5 Å². The number of carbonyl (C=O) groups is 2. The second-order valence-corrected chi connectivity index (χ2v) is 5.12. The second-order valence-electron chi connectivity index (χ2n) is 5.12. The molecule has 1 aromatic rings. The Morgan fingerprint density at radius 2 is 2.05 bits per heavy atom.